The molecule has 1 aromatic heterocycles. The zero-order valence-corrected chi connectivity index (χ0v) is 14.4. The second kappa shape index (κ2) is 8.25. The Bertz CT molecular complexity index is 898. The van der Waals surface area contributed by atoms with Crippen molar-refractivity contribution in [2.75, 3.05) is 0 Å². The fraction of sp³-hybridized carbons (Fsp3) is 0.143. The van der Waals surface area contributed by atoms with Crippen molar-refractivity contribution in [1.82, 2.24) is 10.3 Å². The zero-order chi connectivity index (χ0) is 18.4. The number of nitrogens with zero attached hydrogens (tertiary/aromatic N) is 1. The third-order valence-electron chi connectivity index (χ3n) is 3.92. The standard InChI is InChI=1S/C21H19FN2O2/c1-15-7-8-18(12-19(15)22)21(25)24-13-17-9-10-23-20(11-17)26-14-16-5-3-2-4-6-16/h2-12H,13-14H2,1H3,(H,24,25). The minimum atomic E-state index is -0.391. The van der Waals surface area contributed by atoms with Crippen molar-refractivity contribution in [3.63, 3.8) is 0 Å². The second-order valence-electron chi connectivity index (χ2n) is 5.92. The van der Waals surface area contributed by atoms with Crippen molar-refractivity contribution in [1.29, 1.82) is 0 Å². The van der Waals surface area contributed by atoms with Gasteiger partial charge in [-0.2, -0.15) is 0 Å². The molecule has 4 nitrogen and oxygen atoms in total. The van der Waals surface area contributed by atoms with Gasteiger partial charge in [0.2, 0.25) is 5.88 Å². The Morgan fingerprint density at radius 2 is 1.88 bits per heavy atom. The number of aromatic nitrogens is 1. The smallest absolute Gasteiger partial charge is 0.251 e. The van der Waals surface area contributed by atoms with Gasteiger partial charge in [0.05, 0.1) is 0 Å². The number of pyridine rings is 1. The van der Waals surface area contributed by atoms with E-state index in [1.807, 2.05) is 30.3 Å². The fourth-order valence-electron chi connectivity index (χ4n) is 2.39. The number of hydrogen-bond acceptors (Lipinski definition) is 3. The summed E-state index contributed by atoms with van der Waals surface area (Å²) in [5.74, 6) is -0.229. The number of carbonyl (C=O) groups excluding carboxylic acids is 1. The van der Waals surface area contributed by atoms with Crippen molar-refractivity contribution in [3.05, 3.63) is 94.9 Å². The normalized spacial score (nSPS) is 10.4. The van der Waals surface area contributed by atoms with Crippen LogP contribution in [0.4, 0.5) is 4.39 Å². The van der Waals surface area contributed by atoms with E-state index >= 15 is 0 Å². The predicted octanol–water partition coefficient (Wildman–Crippen LogP) is 4.04. The Morgan fingerprint density at radius 3 is 2.65 bits per heavy atom. The molecule has 0 saturated carbocycles. The molecule has 0 fully saturated rings. The summed E-state index contributed by atoms with van der Waals surface area (Å²) in [6.45, 7) is 2.38. The van der Waals surface area contributed by atoms with E-state index in [2.05, 4.69) is 10.3 Å². The van der Waals surface area contributed by atoms with Gasteiger partial charge in [0.1, 0.15) is 12.4 Å². The molecule has 0 atom stereocenters. The van der Waals surface area contributed by atoms with Crippen LogP contribution in [-0.4, -0.2) is 10.9 Å². The van der Waals surface area contributed by atoms with Crippen LogP contribution in [0, 0.1) is 12.7 Å². The lowest BCUT2D eigenvalue weighted by Gasteiger charge is -2.09. The second-order valence-corrected chi connectivity index (χ2v) is 5.92. The molecule has 5 heteroatoms. The van der Waals surface area contributed by atoms with Gasteiger partial charge in [0.15, 0.2) is 0 Å². The number of aryl methyl sites for hydroxylation is 1. The quantitative estimate of drug-likeness (QED) is 0.730. The van der Waals surface area contributed by atoms with E-state index in [1.54, 1.807) is 37.4 Å². The minimum absolute atomic E-state index is 0.294. The summed E-state index contributed by atoms with van der Waals surface area (Å²) in [5.41, 5.74) is 2.71. The first-order valence-corrected chi connectivity index (χ1v) is 8.28. The number of benzene rings is 2. The number of ether oxygens (including phenoxy) is 1. The molecule has 2 aromatic carbocycles. The van der Waals surface area contributed by atoms with Crippen LogP contribution in [-0.2, 0) is 13.2 Å². The molecule has 0 unspecified atom stereocenters. The molecule has 132 valence electrons. The van der Waals surface area contributed by atoms with Crippen molar-refractivity contribution in [2.24, 2.45) is 0 Å². The summed E-state index contributed by atoms with van der Waals surface area (Å²) in [5, 5.41) is 2.77. The average Bonchev–Trinajstić information content (AvgIpc) is 2.68. The molecule has 0 saturated heterocycles. The molecule has 1 amide bonds. The Morgan fingerprint density at radius 1 is 1.08 bits per heavy atom. The van der Waals surface area contributed by atoms with Crippen LogP contribution in [0.15, 0.2) is 66.9 Å². The van der Waals surface area contributed by atoms with Crippen LogP contribution in [0.3, 0.4) is 0 Å². The van der Waals surface area contributed by atoms with Crippen LogP contribution in [0.1, 0.15) is 27.0 Å². The van der Waals surface area contributed by atoms with Gasteiger partial charge in [0.25, 0.3) is 5.91 Å². The van der Waals surface area contributed by atoms with E-state index in [0.717, 1.165) is 11.1 Å². The predicted molar refractivity (Wildman–Crippen MR) is 97.3 cm³/mol. The Balaban J connectivity index is 1.58. The summed E-state index contributed by atoms with van der Waals surface area (Å²) < 4.78 is 19.3. The number of nitrogens with one attached hydrogen (secondary N) is 1. The first kappa shape index (κ1) is 17.6. The lowest BCUT2D eigenvalue weighted by molar-refractivity contribution is 0.0950. The largest absolute Gasteiger partial charge is 0.473 e. The van der Waals surface area contributed by atoms with Gasteiger partial charge in [-0.05, 0) is 41.8 Å². The Kier molecular flexibility index (Phi) is 5.59. The Labute approximate surface area is 151 Å². The molecule has 0 aliphatic carbocycles. The SMILES string of the molecule is Cc1ccc(C(=O)NCc2ccnc(OCc3ccccc3)c2)cc1F. The highest BCUT2D eigenvalue weighted by atomic mass is 19.1. The summed E-state index contributed by atoms with van der Waals surface area (Å²) in [6, 6.07) is 17.8. The first-order chi connectivity index (χ1) is 12.6. The summed E-state index contributed by atoms with van der Waals surface area (Å²) in [6.07, 6.45) is 1.63. The van der Waals surface area contributed by atoms with Gasteiger partial charge in [-0.15, -0.1) is 0 Å². The third kappa shape index (κ3) is 4.66. The third-order valence-corrected chi connectivity index (χ3v) is 3.92. The van der Waals surface area contributed by atoms with Crippen molar-refractivity contribution in [3.8, 4) is 5.88 Å². The molecule has 0 bridgehead atoms. The van der Waals surface area contributed by atoms with E-state index in [4.69, 9.17) is 4.74 Å². The van der Waals surface area contributed by atoms with Crippen molar-refractivity contribution < 1.29 is 13.9 Å². The summed E-state index contributed by atoms with van der Waals surface area (Å²) >= 11 is 0. The highest BCUT2D eigenvalue weighted by Gasteiger charge is 2.08. The molecule has 3 aromatic rings. The molecule has 3 rings (SSSR count). The van der Waals surface area contributed by atoms with Gasteiger partial charge in [-0.1, -0.05) is 36.4 Å². The summed E-state index contributed by atoms with van der Waals surface area (Å²) in [4.78, 5) is 16.3. The average molecular weight is 350 g/mol. The van der Waals surface area contributed by atoms with Crippen molar-refractivity contribution >= 4 is 5.91 Å². The van der Waals surface area contributed by atoms with Crippen LogP contribution in [0.5, 0.6) is 5.88 Å². The number of rotatable bonds is 6. The van der Waals surface area contributed by atoms with Crippen LogP contribution >= 0.6 is 0 Å². The highest BCUT2D eigenvalue weighted by Crippen LogP contribution is 2.13. The lowest BCUT2D eigenvalue weighted by Crippen LogP contribution is -2.23. The molecular weight excluding hydrogens is 331 g/mol. The number of hydrogen-bond donors (Lipinski definition) is 1. The zero-order valence-electron chi connectivity index (χ0n) is 14.4. The van der Waals surface area contributed by atoms with Gasteiger partial charge in [-0.3, -0.25) is 4.79 Å². The maximum absolute atomic E-state index is 13.6. The summed E-state index contributed by atoms with van der Waals surface area (Å²) in [7, 11) is 0. The van der Waals surface area contributed by atoms with Gasteiger partial charge in [0, 0.05) is 24.4 Å². The molecule has 26 heavy (non-hydrogen) atoms. The number of carbonyl (C=O) groups is 1. The van der Waals surface area contributed by atoms with Gasteiger partial charge in [-0.25, -0.2) is 9.37 Å². The van der Waals surface area contributed by atoms with Gasteiger partial charge >= 0.3 is 0 Å². The fourth-order valence-corrected chi connectivity index (χ4v) is 2.39. The number of amides is 1. The van der Waals surface area contributed by atoms with E-state index in [1.165, 1.54) is 6.07 Å². The molecule has 0 radical (unpaired) electrons. The lowest BCUT2D eigenvalue weighted by atomic mass is 10.1. The van der Waals surface area contributed by atoms with Crippen LogP contribution < -0.4 is 10.1 Å². The first-order valence-electron chi connectivity index (χ1n) is 8.28. The van der Waals surface area contributed by atoms with E-state index in [-0.39, 0.29) is 5.91 Å². The number of halogens is 1. The highest BCUT2D eigenvalue weighted by molar-refractivity contribution is 5.94. The van der Waals surface area contributed by atoms with Crippen LogP contribution in [0.2, 0.25) is 0 Å². The molecule has 0 aliphatic rings. The minimum Gasteiger partial charge on any atom is -0.473 e. The maximum atomic E-state index is 13.6. The van der Waals surface area contributed by atoms with Crippen LogP contribution in [0.25, 0.3) is 0 Å². The maximum Gasteiger partial charge on any atom is 0.251 e. The molecule has 1 N–H and O–H groups in total. The van der Waals surface area contributed by atoms with E-state index < -0.39 is 5.82 Å². The van der Waals surface area contributed by atoms with Gasteiger partial charge < -0.3 is 10.1 Å². The van der Waals surface area contributed by atoms with E-state index in [9.17, 15) is 9.18 Å². The monoisotopic (exact) mass is 350 g/mol. The van der Waals surface area contributed by atoms with Crippen molar-refractivity contribution in [2.45, 2.75) is 20.1 Å². The topological polar surface area (TPSA) is 51.2 Å². The molecule has 0 spiro atoms. The molecular formula is C21H19FN2O2. The van der Waals surface area contributed by atoms with E-state index in [0.29, 0.717) is 30.2 Å². The molecule has 1 heterocycles. The molecule has 0 aliphatic heterocycles. The Hall–Kier alpha value is -3.21.